The van der Waals surface area contributed by atoms with E-state index in [1.54, 1.807) is 0 Å². The number of aryl methyl sites for hydroxylation is 1. The van der Waals surface area contributed by atoms with Crippen molar-refractivity contribution >= 4 is 11.8 Å². The minimum absolute atomic E-state index is 0.0988. The Hall–Kier alpha value is -1.92. The summed E-state index contributed by atoms with van der Waals surface area (Å²) in [6.45, 7) is 1.11. The van der Waals surface area contributed by atoms with Crippen LogP contribution in [0.25, 0.3) is 0 Å². The van der Waals surface area contributed by atoms with E-state index < -0.39 is 12.1 Å². The Morgan fingerprint density at radius 2 is 1.73 bits per heavy atom. The summed E-state index contributed by atoms with van der Waals surface area (Å²) in [5.41, 5.74) is 12.8. The zero-order chi connectivity index (χ0) is 21.6. The van der Waals surface area contributed by atoms with E-state index in [2.05, 4.69) is 22.8 Å². The number of amides is 2. The molecule has 2 rings (SSSR count). The molecule has 0 bridgehead atoms. The summed E-state index contributed by atoms with van der Waals surface area (Å²) in [5.74, 6) is 0.310. The molecule has 1 aromatic carbocycles. The molecular formula is C24H40N4O2. The molecule has 0 aliphatic heterocycles. The van der Waals surface area contributed by atoms with Gasteiger partial charge in [0.1, 0.15) is 6.04 Å². The van der Waals surface area contributed by atoms with Crippen LogP contribution in [0.1, 0.15) is 69.8 Å². The maximum absolute atomic E-state index is 12.8. The summed E-state index contributed by atoms with van der Waals surface area (Å²) in [5, 5.41) is 5.92. The Bertz CT molecular complexity index is 617. The third-order valence-electron chi connectivity index (χ3n) is 6.06. The average Bonchev–Trinajstić information content (AvgIpc) is 2.78. The van der Waals surface area contributed by atoms with Gasteiger partial charge in [-0.3, -0.25) is 9.59 Å². The topological polar surface area (TPSA) is 110 Å². The minimum Gasteiger partial charge on any atom is -0.354 e. The lowest BCUT2D eigenvalue weighted by Gasteiger charge is -2.25. The molecule has 6 nitrogen and oxygen atoms in total. The summed E-state index contributed by atoms with van der Waals surface area (Å²) < 4.78 is 0. The molecule has 2 atom stereocenters. The molecule has 1 aliphatic carbocycles. The predicted octanol–water partition coefficient (Wildman–Crippen LogP) is 2.65. The van der Waals surface area contributed by atoms with Crippen LogP contribution in [0.4, 0.5) is 0 Å². The van der Waals surface area contributed by atoms with Crippen molar-refractivity contribution in [3.8, 4) is 0 Å². The first-order valence-electron chi connectivity index (χ1n) is 11.7. The number of hydrogen-bond donors (Lipinski definition) is 4. The zero-order valence-corrected chi connectivity index (χ0v) is 18.3. The van der Waals surface area contributed by atoms with Gasteiger partial charge < -0.3 is 22.1 Å². The van der Waals surface area contributed by atoms with Crippen molar-refractivity contribution in [2.45, 2.75) is 82.7 Å². The van der Waals surface area contributed by atoms with Crippen LogP contribution in [0, 0.1) is 5.92 Å². The van der Waals surface area contributed by atoms with Crippen LogP contribution >= 0.6 is 0 Å². The van der Waals surface area contributed by atoms with Gasteiger partial charge in [0.25, 0.3) is 0 Å². The second-order valence-corrected chi connectivity index (χ2v) is 8.56. The molecule has 1 saturated carbocycles. The van der Waals surface area contributed by atoms with E-state index in [0.29, 0.717) is 38.3 Å². The highest BCUT2D eigenvalue weighted by atomic mass is 16.2. The van der Waals surface area contributed by atoms with E-state index in [9.17, 15) is 9.59 Å². The Labute approximate surface area is 181 Å². The van der Waals surface area contributed by atoms with Gasteiger partial charge in [0.15, 0.2) is 0 Å². The molecular weight excluding hydrogens is 376 g/mol. The first-order valence-corrected chi connectivity index (χ1v) is 11.7. The van der Waals surface area contributed by atoms with Crippen LogP contribution in [0.3, 0.4) is 0 Å². The van der Waals surface area contributed by atoms with Gasteiger partial charge in [-0.05, 0) is 56.6 Å². The number of nitrogens with one attached hydrogen (secondary N) is 2. The lowest BCUT2D eigenvalue weighted by atomic mass is 9.85. The number of benzene rings is 1. The quantitative estimate of drug-likeness (QED) is 0.371. The van der Waals surface area contributed by atoms with Gasteiger partial charge in [-0.15, -0.1) is 0 Å². The summed E-state index contributed by atoms with van der Waals surface area (Å²) in [4.78, 5) is 25.3. The average molecular weight is 417 g/mol. The summed E-state index contributed by atoms with van der Waals surface area (Å²) in [6.07, 6.45) is 11.0. The molecule has 1 aliphatic rings. The molecule has 6 heteroatoms. The summed E-state index contributed by atoms with van der Waals surface area (Å²) in [6, 6.07) is 9.12. The van der Waals surface area contributed by atoms with Gasteiger partial charge in [-0.1, -0.05) is 62.4 Å². The Morgan fingerprint density at radius 1 is 1.00 bits per heavy atom. The molecule has 1 fully saturated rings. The monoisotopic (exact) mass is 416 g/mol. The number of rotatable bonds is 13. The molecule has 30 heavy (non-hydrogen) atoms. The molecule has 2 amide bonds. The normalized spacial score (nSPS) is 16.6. The second-order valence-electron chi connectivity index (χ2n) is 8.56. The Kier molecular flexibility index (Phi) is 11.5. The van der Waals surface area contributed by atoms with Crippen LogP contribution in [-0.4, -0.2) is 37.0 Å². The molecule has 0 radical (unpaired) electrons. The van der Waals surface area contributed by atoms with E-state index in [4.69, 9.17) is 11.5 Å². The van der Waals surface area contributed by atoms with Gasteiger partial charge in [-0.2, -0.15) is 0 Å². The lowest BCUT2D eigenvalue weighted by Crippen LogP contribution is -2.52. The fourth-order valence-corrected chi connectivity index (χ4v) is 4.17. The zero-order valence-electron chi connectivity index (χ0n) is 18.3. The molecule has 168 valence electrons. The smallest absolute Gasteiger partial charge is 0.242 e. The lowest BCUT2D eigenvalue weighted by molar-refractivity contribution is -0.130. The van der Waals surface area contributed by atoms with Gasteiger partial charge in [0, 0.05) is 6.54 Å². The third kappa shape index (κ3) is 9.26. The molecule has 6 N–H and O–H groups in total. The van der Waals surface area contributed by atoms with E-state index in [-0.39, 0.29) is 11.8 Å². The first kappa shape index (κ1) is 24.4. The van der Waals surface area contributed by atoms with E-state index >= 15 is 0 Å². The maximum atomic E-state index is 12.8. The van der Waals surface area contributed by atoms with Crippen LogP contribution in [0.2, 0.25) is 0 Å². The van der Waals surface area contributed by atoms with E-state index in [0.717, 1.165) is 19.3 Å². The first-order chi connectivity index (χ1) is 14.6. The van der Waals surface area contributed by atoms with E-state index in [1.165, 1.54) is 37.7 Å². The van der Waals surface area contributed by atoms with Crippen molar-refractivity contribution in [2.75, 3.05) is 13.1 Å². The molecule has 0 aromatic heterocycles. The largest absolute Gasteiger partial charge is 0.354 e. The highest BCUT2D eigenvalue weighted by Gasteiger charge is 2.25. The predicted molar refractivity (Wildman–Crippen MR) is 122 cm³/mol. The molecule has 0 heterocycles. The third-order valence-corrected chi connectivity index (χ3v) is 6.06. The summed E-state index contributed by atoms with van der Waals surface area (Å²) >= 11 is 0. The van der Waals surface area contributed by atoms with Gasteiger partial charge >= 0.3 is 0 Å². The highest BCUT2D eigenvalue weighted by molar-refractivity contribution is 5.89. The van der Waals surface area contributed by atoms with Gasteiger partial charge in [-0.25, -0.2) is 0 Å². The number of carbonyl (C=O) groups excluding carboxylic acids is 2. The van der Waals surface area contributed by atoms with Gasteiger partial charge in [0.05, 0.1) is 6.04 Å². The van der Waals surface area contributed by atoms with Crippen LogP contribution in [-0.2, 0) is 16.0 Å². The number of carbonyl (C=O) groups is 2. The standard InChI is InChI=1S/C24H40N4O2/c25-17-7-14-21(26)23(29)28-22(16-15-20-11-5-2-6-12-20)24(30)27-18-8-13-19-9-3-1-4-10-19/h1,3-4,9-10,20-22H,2,5-8,11-18,25-26H2,(H,27,30)(H,28,29)/t21-,22+/m1/s1. The minimum atomic E-state index is -0.614. The molecule has 0 unspecified atom stereocenters. The van der Waals surface area contributed by atoms with Crippen molar-refractivity contribution in [3.63, 3.8) is 0 Å². The van der Waals surface area contributed by atoms with Crippen molar-refractivity contribution in [1.29, 1.82) is 0 Å². The van der Waals surface area contributed by atoms with Gasteiger partial charge in [0.2, 0.25) is 11.8 Å². The van der Waals surface area contributed by atoms with Crippen molar-refractivity contribution in [1.82, 2.24) is 10.6 Å². The van der Waals surface area contributed by atoms with Crippen LogP contribution in [0.5, 0.6) is 0 Å². The van der Waals surface area contributed by atoms with Crippen LogP contribution in [0.15, 0.2) is 30.3 Å². The fraction of sp³-hybridized carbons (Fsp3) is 0.667. The Morgan fingerprint density at radius 3 is 2.43 bits per heavy atom. The fourth-order valence-electron chi connectivity index (χ4n) is 4.17. The molecule has 0 spiro atoms. The maximum Gasteiger partial charge on any atom is 0.242 e. The van der Waals surface area contributed by atoms with Crippen molar-refractivity contribution in [2.24, 2.45) is 17.4 Å². The summed E-state index contributed by atoms with van der Waals surface area (Å²) in [7, 11) is 0. The van der Waals surface area contributed by atoms with Crippen LogP contribution < -0.4 is 22.1 Å². The highest BCUT2D eigenvalue weighted by Crippen LogP contribution is 2.27. The van der Waals surface area contributed by atoms with Crippen molar-refractivity contribution in [3.05, 3.63) is 35.9 Å². The van der Waals surface area contributed by atoms with Crippen molar-refractivity contribution < 1.29 is 9.59 Å². The molecule has 1 aromatic rings. The number of hydrogen-bond acceptors (Lipinski definition) is 4. The Balaban J connectivity index is 1.82. The SMILES string of the molecule is NCCC[C@@H](N)C(=O)N[C@@H](CCC1CCCCC1)C(=O)NCCCc1ccccc1. The molecule has 0 saturated heterocycles. The number of nitrogens with two attached hydrogens (primary N) is 2. The van der Waals surface area contributed by atoms with E-state index in [1.807, 2.05) is 18.2 Å². The second kappa shape index (κ2) is 14.1.